The first-order chi connectivity index (χ1) is 14.2. The molecule has 1 aliphatic rings. The molecule has 1 unspecified atom stereocenters. The number of hydrogen-bond acceptors (Lipinski definition) is 5. The van der Waals surface area contributed by atoms with Crippen LogP contribution in [-0.2, 0) is 32.4 Å². The van der Waals surface area contributed by atoms with Gasteiger partial charge in [-0.1, -0.05) is 18.2 Å². The Kier molecular flexibility index (Phi) is 6.45. The third kappa shape index (κ3) is 4.64. The maximum atomic E-state index is 12.7. The van der Waals surface area contributed by atoms with Crippen molar-refractivity contribution >= 4 is 27.3 Å². The van der Waals surface area contributed by atoms with E-state index in [9.17, 15) is 18.0 Å². The van der Waals surface area contributed by atoms with E-state index in [1.54, 1.807) is 30.2 Å². The minimum absolute atomic E-state index is 0.00351. The van der Waals surface area contributed by atoms with Gasteiger partial charge in [0.15, 0.2) is 9.84 Å². The van der Waals surface area contributed by atoms with Gasteiger partial charge in [-0.25, -0.2) is 8.42 Å². The third-order valence-corrected chi connectivity index (χ3v) is 6.95. The number of anilines is 1. The molecule has 1 N–H and O–H groups in total. The molecule has 0 bridgehead atoms. The lowest BCUT2D eigenvalue weighted by atomic mass is 10.1. The zero-order chi connectivity index (χ0) is 21.9. The van der Waals surface area contributed by atoms with Gasteiger partial charge < -0.3 is 15.0 Å². The van der Waals surface area contributed by atoms with Crippen LogP contribution in [-0.4, -0.2) is 39.1 Å². The summed E-state index contributed by atoms with van der Waals surface area (Å²) in [5.74, 6) is -0.0295. The van der Waals surface area contributed by atoms with Crippen molar-refractivity contribution in [3.8, 4) is 5.75 Å². The zero-order valence-corrected chi connectivity index (χ0v) is 18.2. The van der Waals surface area contributed by atoms with Crippen molar-refractivity contribution in [3.05, 3.63) is 53.6 Å². The number of rotatable bonds is 7. The third-order valence-electron chi connectivity index (χ3n) is 5.23. The van der Waals surface area contributed by atoms with Crippen LogP contribution in [0, 0.1) is 0 Å². The van der Waals surface area contributed by atoms with Crippen LogP contribution < -0.4 is 15.0 Å². The van der Waals surface area contributed by atoms with E-state index in [1.807, 2.05) is 25.1 Å². The van der Waals surface area contributed by atoms with Crippen LogP contribution in [0.3, 0.4) is 0 Å². The van der Waals surface area contributed by atoms with Crippen LogP contribution in [0.25, 0.3) is 0 Å². The molecule has 0 saturated heterocycles. The first-order valence-corrected chi connectivity index (χ1v) is 11.4. The van der Waals surface area contributed by atoms with Crippen molar-refractivity contribution < 1.29 is 22.7 Å². The summed E-state index contributed by atoms with van der Waals surface area (Å²) in [7, 11) is -2.06. The fourth-order valence-electron chi connectivity index (χ4n) is 3.76. The van der Waals surface area contributed by atoms with Gasteiger partial charge in [-0.3, -0.25) is 9.59 Å². The Morgan fingerprint density at radius 2 is 1.93 bits per heavy atom. The van der Waals surface area contributed by atoms with E-state index in [4.69, 9.17) is 4.74 Å². The van der Waals surface area contributed by atoms with Crippen LogP contribution in [0.5, 0.6) is 5.75 Å². The number of nitrogens with zero attached hydrogens (tertiary/aromatic N) is 1. The fourth-order valence-corrected chi connectivity index (χ4v) is 5.04. The molecule has 0 spiro atoms. The molecule has 7 nitrogen and oxygen atoms in total. The van der Waals surface area contributed by atoms with Crippen LogP contribution in [0.4, 0.5) is 5.69 Å². The highest BCUT2D eigenvalue weighted by molar-refractivity contribution is 7.91. The smallest absolute Gasteiger partial charge is 0.224 e. The van der Waals surface area contributed by atoms with Gasteiger partial charge in [-0.2, -0.15) is 0 Å². The number of carbonyl (C=O) groups excluding carboxylic acids is 2. The van der Waals surface area contributed by atoms with E-state index in [1.165, 1.54) is 13.0 Å². The fraction of sp³-hybridized carbons (Fsp3) is 0.364. The normalized spacial score (nSPS) is 15.6. The molecule has 0 fully saturated rings. The summed E-state index contributed by atoms with van der Waals surface area (Å²) >= 11 is 0. The van der Waals surface area contributed by atoms with E-state index in [-0.39, 0.29) is 41.5 Å². The predicted molar refractivity (Wildman–Crippen MR) is 114 cm³/mol. The van der Waals surface area contributed by atoms with Gasteiger partial charge in [0.2, 0.25) is 11.8 Å². The summed E-state index contributed by atoms with van der Waals surface area (Å²) in [5, 5.41) is 2.74. The number of hydrogen-bond donors (Lipinski definition) is 1. The Morgan fingerprint density at radius 3 is 2.63 bits per heavy atom. The zero-order valence-electron chi connectivity index (χ0n) is 17.3. The summed E-state index contributed by atoms with van der Waals surface area (Å²) in [5.41, 5.74) is 2.40. The van der Waals surface area contributed by atoms with Crippen LogP contribution in [0.2, 0.25) is 0 Å². The minimum atomic E-state index is -3.62. The van der Waals surface area contributed by atoms with Crippen molar-refractivity contribution in [1.29, 1.82) is 0 Å². The average Bonchev–Trinajstić information content (AvgIpc) is 3.06. The summed E-state index contributed by atoms with van der Waals surface area (Å²) in [6.45, 7) is 3.70. The van der Waals surface area contributed by atoms with Crippen molar-refractivity contribution in [3.63, 3.8) is 0 Å². The number of sulfone groups is 1. The van der Waals surface area contributed by atoms with Gasteiger partial charge in [0, 0.05) is 37.2 Å². The number of carbonyl (C=O) groups is 2. The van der Waals surface area contributed by atoms with Gasteiger partial charge in [0.1, 0.15) is 5.75 Å². The van der Waals surface area contributed by atoms with E-state index in [0.717, 1.165) is 16.8 Å². The molecule has 2 amide bonds. The Morgan fingerprint density at radius 1 is 1.20 bits per heavy atom. The first kappa shape index (κ1) is 21.8. The Hall–Kier alpha value is -2.87. The van der Waals surface area contributed by atoms with Crippen molar-refractivity contribution in [2.45, 2.75) is 44.2 Å². The Labute approximate surface area is 177 Å². The Balaban J connectivity index is 1.62. The molecule has 0 aromatic heterocycles. The number of fused-ring (bicyclic) bond motifs is 1. The van der Waals surface area contributed by atoms with E-state index in [0.29, 0.717) is 12.2 Å². The lowest BCUT2D eigenvalue weighted by Crippen LogP contribution is -2.33. The molecular formula is C22H26N2O5S. The van der Waals surface area contributed by atoms with Gasteiger partial charge in [0.05, 0.1) is 17.8 Å². The van der Waals surface area contributed by atoms with Gasteiger partial charge in [0.25, 0.3) is 0 Å². The van der Waals surface area contributed by atoms with Crippen molar-refractivity contribution in [1.82, 2.24) is 5.32 Å². The number of nitrogens with one attached hydrogen (secondary N) is 1. The highest BCUT2D eigenvalue weighted by atomic mass is 32.2. The Bertz CT molecular complexity index is 1060. The predicted octanol–water partition coefficient (Wildman–Crippen LogP) is 2.47. The van der Waals surface area contributed by atoms with E-state index >= 15 is 0 Å². The van der Waals surface area contributed by atoms with E-state index < -0.39 is 9.84 Å². The number of para-hydroxylation sites is 1. The molecule has 0 aliphatic carbocycles. The molecule has 0 saturated carbocycles. The van der Waals surface area contributed by atoms with Crippen molar-refractivity contribution in [2.75, 3.05) is 17.8 Å². The second-order valence-electron chi connectivity index (χ2n) is 7.39. The molecule has 1 aliphatic heterocycles. The summed E-state index contributed by atoms with van der Waals surface area (Å²) in [6, 6.07) is 12.1. The van der Waals surface area contributed by atoms with Crippen LogP contribution in [0.15, 0.2) is 47.4 Å². The minimum Gasteiger partial charge on any atom is -0.496 e. The van der Waals surface area contributed by atoms with Crippen molar-refractivity contribution in [2.24, 2.45) is 0 Å². The molecular weight excluding hydrogens is 404 g/mol. The molecule has 3 rings (SSSR count). The highest BCUT2D eigenvalue weighted by Gasteiger charge is 2.30. The lowest BCUT2D eigenvalue weighted by molar-refractivity contribution is -0.121. The number of amides is 2. The van der Waals surface area contributed by atoms with Gasteiger partial charge in [-0.05, 0) is 43.2 Å². The average molecular weight is 431 g/mol. The summed E-state index contributed by atoms with van der Waals surface area (Å²) in [4.78, 5) is 25.9. The number of benzene rings is 2. The maximum Gasteiger partial charge on any atom is 0.224 e. The molecule has 8 heteroatoms. The van der Waals surface area contributed by atoms with Gasteiger partial charge >= 0.3 is 0 Å². The summed E-state index contributed by atoms with van der Waals surface area (Å²) in [6.07, 6.45) is 0.474. The van der Waals surface area contributed by atoms with Crippen LogP contribution >= 0.6 is 0 Å². The monoisotopic (exact) mass is 430 g/mol. The molecule has 2 aromatic rings. The standard InChI is InChI=1S/C22H26N2O5S/c1-15-12-18-13-19(8-9-20(18)24(15)16(2)25)30(27,28)11-10-22(26)23-14-17-6-4-5-7-21(17)29-3/h4-9,13,15H,10-12,14H2,1-3H3,(H,23,26). The quantitative estimate of drug-likeness (QED) is 0.729. The topological polar surface area (TPSA) is 92.8 Å². The van der Waals surface area contributed by atoms with Gasteiger partial charge in [-0.15, -0.1) is 0 Å². The summed E-state index contributed by atoms with van der Waals surface area (Å²) < 4.78 is 30.7. The highest BCUT2D eigenvalue weighted by Crippen LogP contribution is 2.34. The maximum absolute atomic E-state index is 12.7. The molecule has 0 radical (unpaired) electrons. The molecule has 160 valence electrons. The van der Waals surface area contributed by atoms with E-state index in [2.05, 4.69) is 5.32 Å². The number of ether oxygens (including phenoxy) is 1. The second-order valence-corrected chi connectivity index (χ2v) is 9.50. The molecule has 1 atom stereocenters. The molecule has 30 heavy (non-hydrogen) atoms. The van der Waals surface area contributed by atoms with Crippen LogP contribution in [0.1, 0.15) is 31.4 Å². The molecule has 2 aromatic carbocycles. The first-order valence-electron chi connectivity index (χ1n) is 9.77. The second kappa shape index (κ2) is 8.87. The molecule has 1 heterocycles. The number of methoxy groups -OCH3 is 1. The SMILES string of the molecule is COc1ccccc1CNC(=O)CCS(=O)(=O)c1ccc2c(c1)CC(C)N2C(C)=O. The largest absolute Gasteiger partial charge is 0.496 e. The lowest BCUT2D eigenvalue weighted by Gasteiger charge is -2.20.